The highest BCUT2D eigenvalue weighted by Crippen LogP contribution is 2.31. The van der Waals surface area contributed by atoms with Crippen LogP contribution in [0, 0.1) is 6.92 Å². The van der Waals surface area contributed by atoms with Crippen LogP contribution in [0.25, 0.3) is 0 Å². The summed E-state index contributed by atoms with van der Waals surface area (Å²) >= 11 is 0. The summed E-state index contributed by atoms with van der Waals surface area (Å²) in [5.41, 5.74) is 2.29. The van der Waals surface area contributed by atoms with Gasteiger partial charge in [0.25, 0.3) is 0 Å². The number of nitrogens with zero attached hydrogens (tertiary/aromatic N) is 7. The van der Waals surface area contributed by atoms with Crippen molar-refractivity contribution in [3.63, 3.8) is 0 Å². The van der Waals surface area contributed by atoms with Crippen LogP contribution in [0.15, 0.2) is 48.7 Å². The zero-order valence-corrected chi connectivity index (χ0v) is 17.7. The van der Waals surface area contributed by atoms with Gasteiger partial charge >= 0.3 is 0 Å². The van der Waals surface area contributed by atoms with Gasteiger partial charge < -0.3 is 4.90 Å². The van der Waals surface area contributed by atoms with E-state index in [4.69, 9.17) is 0 Å². The number of aromatic nitrogens is 5. The van der Waals surface area contributed by atoms with Gasteiger partial charge in [-0.25, -0.2) is 9.67 Å². The van der Waals surface area contributed by atoms with Gasteiger partial charge in [-0.15, -0.1) is 5.10 Å². The monoisotopic (exact) mass is 391 g/mol. The fraction of sp³-hybridized carbons (Fsp3) is 0.455. The number of rotatable bonds is 4. The lowest BCUT2D eigenvalue weighted by molar-refractivity contribution is 0.191. The second-order valence-electron chi connectivity index (χ2n) is 8.64. The molecule has 4 rings (SSSR count). The van der Waals surface area contributed by atoms with E-state index in [2.05, 4.69) is 88.3 Å². The van der Waals surface area contributed by atoms with Gasteiger partial charge in [-0.05, 0) is 55.8 Å². The minimum Gasteiger partial charge on any atom is -0.354 e. The number of aryl methyl sites for hydroxylation is 1. The van der Waals surface area contributed by atoms with Crippen LogP contribution in [0.1, 0.15) is 43.8 Å². The van der Waals surface area contributed by atoms with Gasteiger partial charge in [-0.3, -0.25) is 4.90 Å². The van der Waals surface area contributed by atoms with Crippen molar-refractivity contribution in [2.75, 3.05) is 31.1 Å². The van der Waals surface area contributed by atoms with Crippen molar-refractivity contribution in [1.29, 1.82) is 0 Å². The van der Waals surface area contributed by atoms with Gasteiger partial charge in [-0.1, -0.05) is 35.9 Å². The normalized spacial score (nSPS) is 16.8. The standard InChI is InChI=1S/C22H29N7/c1-17-8-10-18(11-9-17)20(21-24-25-26-29(21)22(2,3)4)28-15-13-27(14-16-28)19-7-5-6-12-23-19/h5-12,20H,13-16H2,1-4H3/t20-/m0/s1. The lowest BCUT2D eigenvalue weighted by Crippen LogP contribution is -2.49. The van der Waals surface area contributed by atoms with E-state index in [-0.39, 0.29) is 11.6 Å². The predicted octanol–water partition coefficient (Wildman–Crippen LogP) is 3.04. The molecule has 0 spiro atoms. The third-order valence-corrected chi connectivity index (χ3v) is 5.42. The molecule has 0 saturated carbocycles. The van der Waals surface area contributed by atoms with E-state index in [1.807, 2.05) is 23.0 Å². The van der Waals surface area contributed by atoms with Crippen molar-refractivity contribution in [1.82, 2.24) is 30.1 Å². The number of tetrazole rings is 1. The minimum atomic E-state index is -0.183. The maximum Gasteiger partial charge on any atom is 0.173 e. The van der Waals surface area contributed by atoms with Gasteiger partial charge in [0.15, 0.2) is 5.82 Å². The first kappa shape index (κ1) is 19.5. The fourth-order valence-corrected chi connectivity index (χ4v) is 3.86. The van der Waals surface area contributed by atoms with E-state index in [1.165, 1.54) is 11.1 Å². The molecule has 1 aliphatic heterocycles. The molecule has 0 unspecified atom stereocenters. The Hall–Kier alpha value is -2.80. The highest BCUT2D eigenvalue weighted by atomic mass is 15.6. The Bertz CT molecular complexity index is 920. The second-order valence-corrected chi connectivity index (χ2v) is 8.64. The Morgan fingerprint density at radius 1 is 0.931 bits per heavy atom. The molecule has 1 atom stereocenters. The molecule has 1 saturated heterocycles. The van der Waals surface area contributed by atoms with E-state index in [0.29, 0.717) is 0 Å². The Kier molecular flexibility index (Phi) is 5.32. The Balaban J connectivity index is 1.64. The van der Waals surface area contributed by atoms with Crippen LogP contribution in [0.3, 0.4) is 0 Å². The Morgan fingerprint density at radius 3 is 2.28 bits per heavy atom. The van der Waals surface area contributed by atoms with Gasteiger partial charge in [0, 0.05) is 32.4 Å². The number of pyridine rings is 1. The molecule has 1 aromatic carbocycles. The fourth-order valence-electron chi connectivity index (χ4n) is 3.86. The summed E-state index contributed by atoms with van der Waals surface area (Å²) in [7, 11) is 0. The van der Waals surface area contributed by atoms with E-state index in [9.17, 15) is 0 Å². The first-order chi connectivity index (χ1) is 13.9. The largest absolute Gasteiger partial charge is 0.354 e. The van der Waals surface area contributed by atoms with Crippen LogP contribution in [0.4, 0.5) is 5.82 Å². The van der Waals surface area contributed by atoms with E-state index in [0.717, 1.165) is 37.8 Å². The number of hydrogen-bond acceptors (Lipinski definition) is 6. The van der Waals surface area contributed by atoms with Crippen molar-refractivity contribution in [3.8, 4) is 0 Å². The van der Waals surface area contributed by atoms with Crippen molar-refractivity contribution in [2.24, 2.45) is 0 Å². The van der Waals surface area contributed by atoms with Crippen molar-refractivity contribution in [3.05, 3.63) is 65.6 Å². The third-order valence-electron chi connectivity index (χ3n) is 5.42. The maximum absolute atomic E-state index is 4.51. The topological polar surface area (TPSA) is 63.0 Å². The van der Waals surface area contributed by atoms with Crippen LogP contribution >= 0.6 is 0 Å². The molecule has 2 aromatic heterocycles. The average molecular weight is 392 g/mol. The maximum atomic E-state index is 4.51. The van der Waals surface area contributed by atoms with E-state index >= 15 is 0 Å². The molecule has 3 aromatic rings. The smallest absolute Gasteiger partial charge is 0.173 e. The van der Waals surface area contributed by atoms with Gasteiger partial charge in [-0.2, -0.15) is 0 Å². The molecule has 0 radical (unpaired) electrons. The summed E-state index contributed by atoms with van der Waals surface area (Å²) < 4.78 is 1.96. The summed E-state index contributed by atoms with van der Waals surface area (Å²) in [6.07, 6.45) is 1.86. The highest BCUT2D eigenvalue weighted by Gasteiger charge is 2.33. The van der Waals surface area contributed by atoms with Crippen LogP contribution in [0.5, 0.6) is 0 Å². The highest BCUT2D eigenvalue weighted by molar-refractivity contribution is 5.38. The molecule has 7 heteroatoms. The van der Waals surface area contributed by atoms with Crippen LogP contribution in [-0.2, 0) is 5.54 Å². The second kappa shape index (κ2) is 7.91. The number of anilines is 1. The van der Waals surface area contributed by atoms with Crippen LogP contribution in [0.2, 0.25) is 0 Å². The summed E-state index contributed by atoms with van der Waals surface area (Å²) in [5, 5.41) is 12.8. The first-order valence-electron chi connectivity index (χ1n) is 10.2. The van der Waals surface area contributed by atoms with E-state index < -0.39 is 0 Å². The zero-order chi connectivity index (χ0) is 20.4. The number of hydrogen-bond donors (Lipinski definition) is 0. The molecule has 29 heavy (non-hydrogen) atoms. The number of piperazine rings is 1. The molecule has 0 bridgehead atoms. The zero-order valence-electron chi connectivity index (χ0n) is 17.7. The van der Waals surface area contributed by atoms with Crippen molar-refractivity contribution >= 4 is 5.82 Å². The molecule has 0 aliphatic carbocycles. The summed E-state index contributed by atoms with van der Waals surface area (Å²) in [4.78, 5) is 9.33. The quantitative estimate of drug-likeness (QED) is 0.681. The Labute approximate surface area is 172 Å². The summed E-state index contributed by atoms with van der Waals surface area (Å²) in [6, 6.07) is 14.8. The van der Waals surface area contributed by atoms with Gasteiger partial charge in [0.05, 0.1) is 11.6 Å². The third kappa shape index (κ3) is 4.15. The Morgan fingerprint density at radius 2 is 1.66 bits per heavy atom. The lowest BCUT2D eigenvalue weighted by atomic mass is 10.0. The van der Waals surface area contributed by atoms with Crippen LogP contribution < -0.4 is 4.90 Å². The molecular weight excluding hydrogens is 362 g/mol. The van der Waals surface area contributed by atoms with Crippen molar-refractivity contribution < 1.29 is 0 Å². The average Bonchev–Trinajstić information content (AvgIpc) is 3.21. The summed E-state index contributed by atoms with van der Waals surface area (Å²) in [5.74, 6) is 1.94. The molecule has 3 heterocycles. The first-order valence-corrected chi connectivity index (χ1v) is 10.2. The van der Waals surface area contributed by atoms with E-state index in [1.54, 1.807) is 0 Å². The van der Waals surface area contributed by atoms with Crippen LogP contribution in [-0.4, -0.2) is 56.3 Å². The molecule has 7 nitrogen and oxygen atoms in total. The molecule has 152 valence electrons. The lowest BCUT2D eigenvalue weighted by Gasteiger charge is -2.40. The summed E-state index contributed by atoms with van der Waals surface area (Å²) in [6.45, 7) is 12.2. The molecule has 0 amide bonds. The predicted molar refractivity (Wildman–Crippen MR) is 114 cm³/mol. The van der Waals surface area contributed by atoms with Gasteiger partial charge in [0.2, 0.25) is 0 Å². The molecule has 1 fully saturated rings. The minimum absolute atomic E-state index is 0.0238. The van der Waals surface area contributed by atoms with Gasteiger partial charge in [0.1, 0.15) is 5.82 Å². The SMILES string of the molecule is Cc1ccc([C@@H](c2nnnn2C(C)(C)C)N2CCN(c3ccccn3)CC2)cc1. The number of benzene rings is 1. The molecule has 0 N–H and O–H groups in total. The molecule has 1 aliphatic rings. The molecular formula is C22H29N7. The van der Waals surface area contributed by atoms with Crippen molar-refractivity contribution in [2.45, 2.75) is 39.3 Å².